The number of ether oxygens (including phenoxy) is 7. The molecule has 1 N–H and O–H groups in total. The Morgan fingerprint density at radius 2 is 1.40 bits per heavy atom. The Morgan fingerprint density at radius 1 is 0.786 bits per heavy atom. The average Bonchev–Trinajstić information content (AvgIpc) is 2.96. The molecule has 0 heterocycles. The van der Waals surface area contributed by atoms with E-state index in [0.717, 1.165) is 12.8 Å². The first-order valence-corrected chi connectivity index (χ1v) is 13.8. The van der Waals surface area contributed by atoms with Gasteiger partial charge in [-0.1, -0.05) is 51.0 Å². The molecule has 12 heteroatoms. The topological polar surface area (TPSA) is 145 Å². The Bertz CT molecular complexity index is 1140. The van der Waals surface area contributed by atoms with Crippen LogP contribution in [0, 0.1) is 0 Å². The number of hydrogen-bond donors (Lipinski definition) is 1. The van der Waals surface area contributed by atoms with Gasteiger partial charge in [0.25, 0.3) is 0 Å². The average molecular weight is 590 g/mol. The molecule has 0 saturated carbocycles. The largest absolute Gasteiger partial charge is 0.514 e. The van der Waals surface area contributed by atoms with E-state index in [-0.39, 0.29) is 37.7 Å². The molecule has 12 nitrogen and oxygen atoms in total. The van der Waals surface area contributed by atoms with E-state index < -0.39 is 36.6 Å². The summed E-state index contributed by atoms with van der Waals surface area (Å²) in [5, 5.41) is 3.01. The quantitative estimate of drug-likeness (QED) is 0.113. The first-order chi connectivity index (χ1) is 20.2. The van der Waals surface area contributed by atoms with E-state index in [0.29, 0.717) is 24.2 Å². The van der Waals surface area contributed by atoms with Crippen molar-refractivity contribution in [3.63, 3.8) is 0 Å². The highest BCUT2D eigenvalue weighted by Crippen LogP contribution is 2.30. The van der Waals surface area contributed by atoms with Crippen LogP contribution in [0.3, 0.4) is 0 Å². The fraction of sp³-hybridized carbons (Fsp3) is 0.467. The Morgan fingerprint density at radius 3 is 2.00 bits per heavy atom. The maximum atomic E-state index is 12.5. The maximum absolute atomic E-state index is 12.5. The zero-order valence-electron chi connectivity index (χ0n) is 24.4. The molecule has 0 spiro atoms. The first-order valence-electron chi connectivity index (χ1n) is 13.8. The summed E-state index contributed by atoms with van der Waals surface area (Å²) in [6.45, 7) is 5.98. The molecule has 0 bridgehead atoms. The Balaban J connectivity index is 2.09. The van der Waals surface area contributed by atoms with Gasteiger partial charge in [0, 0.05) is 6.54 Å². The molecule has 1 unspecified atom stereocenters. The highest BCUT2D eigenvalue weighted by atomic mass is 16.7. The van der Waals surface area contributed by atoms with Gasteiger partial charge in [-0.15, -0.1) is 0 Å². The lowest BCUT2D eigenvalue weighted by Crippen LogP contribution is -2.43. The van der Waals surface area contributed by atoms with Crippen LogP contribution in [0.1, 0.15) is 52.0 Å². The zero-order valence-corrected chi connectivity index (χ0v) is 24.4. The molecule has 0 saturated heterocycles. The van der Waals surface area contributed by atoms with Crippen LogP contribution in [0.25, 0.3) is 0 Å². The predicted octanol–water partition coefficient (Wildman–Crippen LogP) is 5.60. The van der Waals surface area contributed by atoms with Crippen LogP contribution in [0.2, 0.25) is 0 Å². The van der Waals surface area contributed by atoms with Crippen LogP contribution in [0.5, 0.6) is 17.2 Å². The van der Waals surface area contributed by atoms with Crippen LogP contribution in [-0.4, -0.2) is 63.4 Å². The van der Waals surface area contributed by atoms with E-state index >= 15 is 0 Å². The summed E-state index contributed by atoms with van der Waals surface area (Å²) in [6, 6.07) is 12.1. The normalized spacial score (nSPS) is 11.9. The molecule has 230 valence electrons. The number of para-hydroxylation sites is 1. The summed E-state index contributed by atoms with van der Waals surface area (Å²) in [4.78, 5) is 49.0. The summed E-state index contributed by atoms with van der Waals surface area (Å²) < 4.78 is 36.0. The third-order valence-electron chi connectivity index (χ3n) is 5.65. The van der Waals surface area contributed by atoms with Crippen molar-refractivity contribution in [1.29, 1.82) is 0 Å². The number of benzene rings is 2. The van der Waals surface area contributed by atoms with Crippen LogP contribution in [-0.2, 0) is 30.2 Å². The maximum Gasteiger partial charge on any atom is 0.514 e. The molecule has 0 aliphatic carbocycles. The van der Waals surface area contributed by atoms with Gasteiger partial charge in [-0.2, -0.15) is 0 Å². The van der Waals surface area contributed by atoms with Crippen molar-refractivity contribution in [2.45, 2.75) is 65.0 Å². The van der Waals surface area contributed by atoms with Crippen LogP contribution >= 0.6 is 0 Å². The molecular weight excluding hydrogens is 550 g/mol. The first kappa shape index (κ1) is 33.9. The molecule has 0 aliphatic rings. The second-order valence-corrected chi connectivity index (χ2v) is 9.17. The smallest absolute Gasteiger partial charge is 0.468 e. The fourth-order valence-electron chi connectivity index (χ4n) is 3.42. The minimum Gasteiger partial charge on any atom is -0.468 e. The van der Waals surface area contributed by atoms with Crippen molar-refractivity contribution >= 4 is 24.4 Å². The molecule has 0 radical (unpaired) electrons. The number of rotatable bonds is 16. The van der Waals surface area contributed by atoms with E-state index in [2.05, 4.69) is 5.32 Å². The highest BCUT2D eigenvalue weighted by molar-refractivity contribution is 5.76. The summed E-state index contributed by atoms with van der Waals surface area (Å²) in [5.74, 6) is -0.390. The molecule has 42 heavy (non-hydrogen) atoms. The van der Waals surface area contributed by atoms with Crippen molar-refractivity contribution in [1.82, 2.24) is 5.32 Å². The van der Waals surface area contributed by atoms with Gasteiger partial charge >= 0.3 is 24.4 Å². The van der Waals surface area contributed by atoms with Crippen molar-refractivity contribution in [2.75, 3.05) is 26.9 Å². The number of nitrogens with one attached hydrogen (secondary N) is 1. The zero-order chi connectivity index (χ0) is 30.7. The minimum atomic E-state index is -0.971. The Labute approximate surface area is 245 Å². The number of unbranched alkanes of at least 4 members (excludes halogenated alkanes) is 2. The van der Waals surface area contributed by atoms with Gasteiger partial charge in [0.1, 0.15) is 17.9 Å². The molecule has 0 amide bonds. The van der Waals surface area contributed by atoms with Crippen LogP contribution in [0.4, 0.5) is 14.4 Å². The highest BCUT2D eigenvalue weighted by Gasteiger charge is 2.23. The van der Waals surface area contributed by atoms with Crippen molar-refractivity contribution in [3.8, 4) is 17.2 Å². The summed E-state index contributed by atoms with van der Waals surface area (Å²) in [6.07, 6.45) is -0.396. The van der Waals surface area contributed by atoms with Gasteiger partial charge in [-0.25, -0.2) is 14.4 Å². The predicted molar refractivity (Wildman–Crippen MR) is 151 cm³/mol. The minimum absolute atomic E-state index is 0.0609. The van der Waals surface area contributed by atoms with Gasteiger partial charge in [0.15, 0.2) is 11.5 Å². The molecule has 0 aliphatic heterocycles. The molecule has 2 aromatic rings. The van der Waals surface area contributed by atoms with Gasteiger partial charge in [-0.3, -0.25) is 4.79 Å². The third kappa shape index (κ3) is 12.9. The van der Waals surface area contributed by atoms with Crippen molar-refractivity contribution in [3.05, 3.63) is 54.1 Å². The van der Waals surface area contributed by atoms with Crippen molar-refractivity contribution < 1.29 is 52.3 Å². The second kappa shape index (κ2) is 18.9. The van der Waals surface area contributed by atoms with Crippen LogP contribution < -0.4 is 19.5 Å². The van der Waals surface area contributed by atoms with Crippen LogP contribution in [0.15, 0.2) is 48.5 Å². The SMILES string of the molecule is CCCCOC(=O)Oc1ccc(C[C@H](NCC(C)OC(=O)Oc2ccccc2)C(=O)OC)cc1OC(=O)OCCCC. The van der Waals surface area contributed by atoms with E-state index in [1.807, 2.05) is 13.8 Å². The van der Waals surface area contributed by atoms with Gasteiger partial charge < -0.3 is 38.5 Å². The monoisotopic (exact) mass is 589 g/mol. The molecule has 0 fully saturated rings. The Hall–Kier alpha value is -4.32. The number of carbonyl (C=O) groups excluding carboxylic acids is 4. The number of esters is 1. The number of hydrogen-bond acceptors (Lipinski definition) is 12. The number of carbonyl (C=O) groups is 4. The lowest BCUT2D eigenvalue weighted by Gasteiger charge is -2.20. The molecule has 2 rings (SSSR count). The molecule has 0 aromatic heterocycles. The Kier molecular flexibility index (Phi) is 15.3. The van der Waals surface area contributed by atoms with Gasteiger partial charge in [0.05, 0.1) is 20.3 Å². The summed E-state index contributed by atoms with van der Waals surface area (Å²) in [7, 11) is 1.25. The van der Waals surface area contributed by atoms with Crippen molar-refractivity contribution in [2.24, 2.45) is 0 Å². The van der Waals surface area contributed by atoms with E-state index in [4.69, 9.17) is 33.2 Å². The fourth-order valence-corrected chi connectivity index (χ4v) is 3.42. The number of methoxy groups -OCH3 is 1. The summed E-state index contributed by atoms with van der Waals surface area (Å²) >= 11 is 0. The third-order valence-corrected chi connectivity index (χ3v) is 5.65. The second-order valence-electron chi connectivity index (χ2n) is 9.17. The van der Waals surface area contributed by atoms with E-state index in [1.165, 1.54) is 19.2 Å². The van der Waals surface area contributed by atoms with Gasteiger partial charge in [0.2, 0.25) is 0 Å². The lowest BCUT2D eigenvalue weighted by atomic mass is 10.0. The van der Waals surface area contributed by atoms with E-state index in [1.54, 1.807) is 43.3 Å². The molecular formula is C30H39NO11. The van der Waals surface area contributed by atoms with Gasteiger partial charge in [-0.05, 0) is 56.0 Å². The summed E-state index contributed by atoms with van der Waals surface area (Å²) in [5.41, 5.74) is 0.540. The standard InChI is InChI=1S/C30H39NO11/c1-5-7-16-37-28(33)41-25-15-14-22(19-26(25)42-29(34)38-17-8-6-2)18-24(27(32)36-4)31-20-21(3)39-30(35)40-23-12-10-9-11-13-23/h9-15,19,21,24,31H,5-8,16-18,20H2,1-4H3/t21?,24-/m0/s1. The molecule has 2 atom stereocenters. The van der Waals surface area contributed by atoms with E-state index in [9.17, 15) is 19.2 Å². The molecule has 2 aromatic carbocycles. The lowest BCUT2D eigenvalue weighted by molar-refractivity contribution is -0.143.